The number of hydrogen-bond donors (Lipinski definition) is 3. The molecule has 0 amide bonds. The third-order valence-electron chi connectivity index (χ3n) is 3.78. The van der Waals surface area contributed by atoms with Crippen LogP contribution >= 0.6 is 12.4 Å². The van der Waals surface area contributed by atoms with Crippen molar-refractivity contribution >= 4 is 28.1 Å². The lowest BCUT2D eigenvalue weighted by Crippen LogP contribution is -2.34. The highest BCUT2D eigenvalue weighted by molar-refractivity contribution is 7.89. The molecule has 2 rings (SSSR count). The highest BCUT2D eigenvalue weighted by atomic mass is 35.5. The molecule has 22 heavy (non-hydrogen) atoms. The molecule has 8 nitrogen and oxygen atoms in total. The van der Waals surface area contributed by atoms with E-state index < -0.39 is 21.0 Å². The second-order valence-corrected chi connectivity index (χ2v) is 6.70. The van der Waals surface area contributed by atoms with Gasteiger partial charge in [-0.15, -0.1) is 12.4 Å². The number of piperidine rings is 1. The SMILES string of the molecule is Cl.NC(c1ccc(S(N)(=O)=O)cc1[N+](=O)[O-])C1CCNCC1. The molecule has 1 aliphatic rings. The highest BCUT2D eigenvalue weighted by Gasteiger charge is 2.28. The lowest BCUT2D eigenvalue weighted by molar-refractivity contribution is -0.386. The summed E-state index contributed by atoms with van der Waals surface area (Å²) in [6.45, 7) is 1.64. The molecule has 1 saturated heterocycles. The van der Waals surface area contributed by atoms with Crippen LogP contribution in [0.25, 0.3) is 0 Å². The first-order valence-electron chi connectivity index (χ1n) is 6.58. The Balaban J connectivity index is 0.00000242. The lowest BCUT2D eigenvalue weighted by Gasteiger charge is -2.28. The minimum atomic E-state index is -3.98. The van der Waals surface area contributed by atoms with Gasteiger partial charge in [-0.2, -0.15) is 0 Å². The maximum absolute atomic E-state index is 11.3. The molecule has 5 N–H and O–H groups in total. The van der Waals surface area contributed by atoms with E-state index in [1.165, 1.54) is 12.1 Å². The van der Waals surface area contributed by atoms with Gasteiger partial charge in [0.25, 0.3) is 5.69 Å². The second kappa shape index (κ2) is 7.34. The fourth-order valence-corrected chi connectivity index (χ4v) is 3.13. The quantitative estimate of drug-likeness (QED) is 0.538. The molecule has 1 aromatic rings. The summed E-state index contributed by atoms with van der Waals surface area (Å²) in [7, 11) is -3.98. The number of hydrogen-bond acceptors (Lipinski definition) is 6. The van der Waals surface area contributed by atoms with E-state index in [2.05, 4.69) is 5.32 Å². The molecule has 124 valence electrons. The van der Waals surface area contributed by atoms with E-state index in [0.29, 0.717) is 5.56 Å². The Kier molecular flexibility index (Phi) is 6.27. The van der Waals surface area contributed by atoms with Gasteiger partial charge in [0.2, 0.25) is 10.0 Å². The van der Waals surface area contributed by atoms with Crippen molar-refractivity contribution in [1.29, 1.82) is 0 Å². The van der Waals surface area contributed by atoms with Crippen LogP contribution in [0, 0.1) is 16.0 Å². The standard InChI is InChI=1S/C12H18N4O4S.ClH/c13-12(8-3-5-15-6-4-8)10-2-1-9(21(14,19)20)7-11(10)16(17)18;/h1-2,7-8,12,15H,3-6,13H2,(H2,14,19,20);1H. The minimum Gasteiger partial charge on any atom is -0.323 e. The van der Waals surface area contributed by atoms with E-state index in [9.17, 15) is 18.5 Å². The van der Waals surface area contributed by atoms with Crippen molar-refractivity contribution in [1.82, 2.24) is 5.32 Å². The molecule has 1 fully saturated rings. The molecule has 0 radical (unpaired) electrons. The summed E-state index contributed by atoms with van der Waals surface area (Å²) in [4.78, 5) is 10.3. The fourth-order valence-electron chi connectivity index (χ4n) is 2.60. The number of primary sulfonamides is 1. The van der Waals surface area contributed by atoms with Gasteiger partial charge < -0.3 is 11.1 Å². The first-order chi connectivity index (χ1) is 9.80. The largest absolute Gasteiger partial charge is 0.323 e. The number of nitrogens with one attached hydrogen (secondary N) is 1. The van der Waals surface area contributed by atoms with Crippen molar-refractivity contribution in [3.63, 3.8) is 0 Å². The Labute approximate surface area is 134 Å². The van der Waals surface area contributed by atoms with Crippen LogP contribution in [0.5, 0.6) is 0 Å². The van der Waals surface area contributed by atoms with Crippen LogP contribution in [0.1, 0.15) is 24.4 Å². The van der Waals surface area contributed by atoms with Crippen LogP contribution in [0.2, 0.25) is 0 Å². The average molecular weight is 351 g/mol. The Morgan fingerprint density at radius 2 is 1.91 bits per heavy atom. The molecule has 0 bridgehead atoms. The van der Waals surface area contributed by atoms with Crippen molar-refractivity contribution in [2.24, 2.45) is 16.8 Å². The third kappa shape index (κ3) is 4.14. The fraction of sp³-hybridized carbons (Fsp3) is 0.500. The zero-order chi connectivity index (χ0) is 15.6. The van der Waals surface area contributed by atoms with Gasteiger partial charge in [0.1, 0.15) is 0 Å². The van der Waals surface area contributed by atoms with Gasteiger partial charge in [-0.05, 0) is 44.0 Å². The Hall–Kier alpha value is -1.26. The van der Waals surface area contributed by atoms with Crippen LogP contribution in [0.15, 0.2) is 23.1 Å². The van der Waals surface area contributed by atoms with E-state index in [1.807, 2.05) is 0 Å². The Bertz CT molecular complexity index is 647. The van der Waals surface area contributed by atoms with Crippen molar-refractivity contribution in [3.05, 3.63) is 33.9 Å². The maximum Gasteiger partial charge on any atom is 0.275 e. The van der Waals surface area contributed by atoms with Gasteiger partial charge >= 0.3 is 0 Å². The second-order valence-electron chi connectivity index (χ2n) is 5.14. The summed E-state index contributed by atoms with van der Waals surface area (Å²) in [6, 6.07) is 3.14. The van der Waals surface area contributed by atoms with E-state index in [4.69, 9.17) is 10.9 Å². The van der Waals surface area contributed by atoms with Crippen LogP contribution in [-0.4, -0.2) is 26.4 Å². The predicted octanol–water partition coefficient (Wildman–Crippen LogP) is 0.663. The average Bonchev–Trinajstić information content (AvgIpc) is 2.45. The summed E-state index contributed by atoms with van der Waals surface area (Å²) in [5.74, 6) is 0.130. The van der Waals surface area contributed by atoms with E-state index in [0.717, 1.165) is 32.0 Å². The molecule has 0 saturated carbocycles. The van der Waals surface area contributed by atoms with E-state index >= 15 is 0 Å². The first-order valence-corrected chi connectivity index (χ1v) is 8.13. The predicted molar refractivity (Wildman–Crippen MR) is 84.2 cm³/mol. The van der Waals surface area contributed by atoms with E-state index in [1.54, 1.807) is 0 Å². The molecule has 10 heteroatoms. The number of rotatable bonds is 4. The van der Waals surface area contributed by atoms with Gasteiger partial charge in [0.05, 0.1) is 9.82 Å². The van der Waals surface area contributed by atoms with Crippen molar-refractivity contribution in [3.8, 4) is 0 Å². The number of nitro benzene ring substituents is 1. The van der Waals surface area contributed by atoms with Crippen LogP contribution in [0.4, 0.5) is 5.69 Å². The van der Waals surface area contributed by atoms with Gasteiger partial charge in [-0.3, -0.25) is 10.1 Å². The third-order valence-corrected chi connectivity index (χ3v) is 4.69. The smallest absolute Gasteiger partial charge is 0.275 e. The number of halogens is 1. The summed E-state index contributed by atoms with van der Waals surface area (Å²) in [5.41, 5.74) is 6.20. The monoisotopic (exact) mass is 350 g/mol. The molecule has 1 heterocycles. The number of nitro groups is 1. The normalized spacial score (nSPS) is 17.5. The summed E-state index contributed by atoms with van der Waals surface area (Å²) >= 11 is 0. The molecule has 1 aromatic carbocycles. The van der Waals surface area contributed by atoms with Gasteiger partial charge in [0.15, 0.2) is 0 Å². The zero-order valence-electron chi connectivity index (χ0n) is 11.8. The summed E-state index contributed by atoms with van der Waals surface area (Å²) in [5, 5.41) is 19.4. The molecule has 1 aliphatic heterocycles. The molecule has 0 aliphatic carbocycles. The number of nitrogens with zero attached hydrogens (tertiary/aromatic N) is 1. The summed E-state index contributed by atoms with van der Waals surface area (Å²) in [6.07, 6.45) is 1.66. The van der Waals surface area contributed by atoms with Crippen molar-refractivity contribution in [2.45, 2.75) is 23.8 Å². The Morgan fingerprint density at radius 3 is 2.41 bits per heavy atom. The molecule has 1 atom stereocenters. The molecular formula is C12H19ClN4O4S. The number of sulfonamides is 1. The number of benzene rings is 1. The van der Waals surface area contributed by atoms with Crippen LogP contribution in [-0.2, 0) is 10.0 Å². The first kappa shape index (κ1) is 18.8. The van der Waals surface area contributed by atoms with Gasteiger partial charge in [0, 0.05) is 17.7 Å². The van der Waals surface area contributed by atoms with Crippen molar-refractivity contribution in [2.75, 3.05) is 13.1 Å². The topological polar surface area (TPSA) is 141 Å². The highest BCUT2D eigenvalue weighted by Crippen LogP contribution is 2.33. The minimum absolute atomic E-state index is 0. The molecular weight excluding hydrogens is 332 g/mol. The lowest BCUT2D eigenvalue weighted by atomic mass is 9.86. The molecule has 0 spiro atoms. The van der Waals surface area contributed by atoms with Crippen LogP contribution in [0.3, 0.4) is 0 Å². The molecule has 1 unspecified atom stereocenters. The zero-order valence-corrected chi connectivity index (χ0v) is 13.4. The summed E-state index contributed by atoms with van der Waals surface area (Å²) < 4.78 is 22.6. The maximum atomic E-state index is 11.3. The van der Waals surface area contributed by atoms with Gasteiger partial charge in [-0.25, -0.2) is 13.6 Å². The number of nitrogens with two attached hydrogens (primary N) is 2. The molecule has 0 aromatic heterocycles. The van der Waals surface area contributed by atoms with Gasteiger partial charge in [-0.1, -0.05) is 0 Å². The van der Waals surface area contributed by atoms with Crippen LogP contribution < -0.4 is 16.2 Å². The van der Waals surface area contributed by atoms with Crippen molar-refractivity contribution < 1.29 is 13.3 Å². The Morgan fingerprint density at radius 1 is 1.32 bits per heavy atom. The van der Waals surface area contributed by atoms with E-state index in [-0.39, 0.29) is 28.9 Å².